The maximum absolute atomic E-state index is 12.4. The predicted octanol–water partition coefficient (Wildman–Crippen LogP) is 4.05. The fourth-order valence-corrected chi connectivity index (χ4v) is 2.28. The van der Waals surface area contributed by atoms with E-state index in [-0.39, 0.29) is 17.4 Å². The highest BCUT2D eigenvalue weighted by atomic mass is 19.3. The van der Waals surface area contributed by atoms with Gasteiger partial charge >= 0.3 is 6.61 Å². The monoisotopic (exact) mass is 349 g/mol. The van der Waals surface area contributed by atoms with Crippen molar-refractivity contribution in [1.82, 2.24) is 5.32 Å². The summed E-state index contributed by atoms with van der Waals surface area (Å²) >= 11 is 0. The number of carbonyl (C=O) groups excluding carboxylic acids is 1. The van der Waals surface area contributed by atoms with Crippen LogP contribution in [-0.4, -0.2) is 25.2 Å². The lowest BCUT2D eigenvalue weighted by Crippen LogP contribution is -2.26. The van der Waals surface area contributed by atoms with Gasteiger partial charge < -0.3 is 14.8 Å². The average Bonchev–Trinajstić information content (AvgIpc) is 2.56. The van der Waals surface area contributed by atoms with Crippen LogP contribution in [0.2, 0.25) is 0 Å². The maximum atomic E-state index is 12.4. The molecule has 2 aromatic carbocycles. The first-order chi connectivity index (χ1) is 12.0. The maximum Gasteiger partial charge on any atom is 0.387 e. The quantitative estimate of drug-likeness (QED) is 0.782. The molecule has 4 nitrogen and oxygen atoms in total. The number of carbonyl (C=O) groups is 1. The summed E-state index contributed by atoms with van der Waals surface area (Å²) in [5, 5.41) is 2.71. The highest BCUT2D eigenvalue weighted by Gasteiger charge is 2.14. The van der Waals surface area contributed by atoms with Crippen LogP contribution in [0.3, 0.4) is 0 Å². The minimum absolute atomic E-state index is 0.0866. The van der Waals surface area contributed by atoms with E-state index in [2.05, 4.69) is 10.1 Å². The van der Waals surface area contributed by atoms with Crippen LogP contribution in [0.25, 0.3) is 0 Å². The Morgan fingerprint density at radius 1 is 1.04 bits per heavy atom. The Balaban J connectivity index is 1.88. The molecule has 0 aromatic heterocycles. The lowest BCUT2D eigenvalue weighted by atomic mass is 10.1. The van der Waals surface area contributed by atoms with Gasteiger partial charge in [0.25, 0.3) is 5.91 Å². The van der Waals surface area contributed by atoms with E-state index in [4.69, 9.17) is 4.74 Å². The Labute approximate surface area is 145 Å². The molecule has 0 spiro atoms. The van der Waals surface area contributed by atoms with E-state index in [1.54, 1.807) is 6.07 Å². The van der Waals surface area contributed by atoms with Gasteiger partial charge in [0.2, 0.25) is 0 Å². The molecule has 2 aromatic rings. The first kappa shape index (κ1) is 18.7. The highest BCUT2D eigenvalue weighted by molar-refractivity contribution is 5.96. The van der Waals surface area contributed by atoms with Gasteiger partial charge in [0.1, 0.15) is 11.5 Å². The van der Waals surface area contributed by atoms with Crippen molar-refractivity contribution in [2.24, 2.45) is 0 Å². The Hall–Kier alpha value is -2.63. The van der Waals surface area contributed by atoms with Crippen LogP contribution < -0.4 is 14.8 Å². The number of hydrogen-bond acceptors (Lipinski definition) is 3. The molecular weight excluding hydrogens is 328 g/mol. The third-order valence-corrected chi connectivity index (χ3v) is 3.34. The molecule has 0 aliphatic carbocycles. The van der Waals surface area contributed by atoms with Crippen LogP contribution in [0.15, 0.2) is 48.5 Å². The van der Waals surface area contributed by atoms with Crippen molar-refractivity contribution in [1.29, 1.82) is 0 Å². The second-order valence-electron chi connectivity index (χ2n) is 5.69. The summed E-state index contributed by atoms with van der Waals surface area (Å²) in [6.07, 6.45) is 0.728. The number of hydrogen-bond donors (Lipinski definition) is 1. The molecule has 25 heavy (non-hydrogen) atoms. The minimum Gasteiger partial charge on any atom is -0.491 e. The molecule has 134 valence electrons. The van der Waals surface area contributed by atoms with Crippen LogP contribution in [0.5, 0.6) is 11.5 Å². The van der Waals surface area contributed by atoms with Crippen LogP contribution >= 0.6 is 0 Å². The number of benzene rings is 2. The lowest BCUT2D eigenvalue weighted by Gasteiger charge is -2.11. The second-order valence-corrected chi connectivity index (χ2v) is 5.69. The van der Waals surface area contributed by atoms with E-state index in [9.17, 15) is 13.6 Å². The average molecular weight is 349 g/mol. The van der Waals surface area contributed by atoms with Crippen molar-refractivity contribution in [3.8, 4) is 11.5 Å². The first-order valence-electron chi connectivity index (χ1n) is 8.03. The van der Waals surface area contributed by atoms with Crippen LogP contribution in [0.4, 0.5) is 8.78 Å². The zero-order chi connectivity index (χ0) is 18.2. The summed E-state index contributed by atoms with van der Waals surface area (Å²) in [5.74, 6) is 0.210. The summed E-state index contributed by atoms with van der Waals surface area (Å²) in [7, 11) is 0. The first-order valence-corrected chi connectivity index (χ1v) is 8.03. The molecule has 0 saturated heterocycles. The van der Waals surface area contributed by atoms with Crippen LogP contribution in [0.1, 0.15) is 29.8 Å². The predicted molar refractivity (Wildman–Crippen MR) is 91.3 cm³/mol. The van der Waals surface area contributed by atoms with Crippen molar-refractivity contribution in [2.45, 2.75) is 33.0 Å². The zero-order valence-corrected chi connectivity index (χ0v) is 14.2. The van der Waals surface area contributed by atoms with Crippen molar-refractivity contribution in [3.63, 3.8) is 0 Å². The highest BCUT2D eigenvalue weighted by Crippen LogP contribution is 2.20. The molecule has 0 aliphatic rings. The number of ether oxygens (including phenoxy) is 2. The summed E-state index contributed by atoms with van der Waals surface area (Å²) in [5.41, 5.74) is 1.12. The van der Waals surface area contributed by atoms with Gasteiger partial charge in [0.15, 0.2) is 0 Å². The SMILES string of the molecule is CC(C)Oc1ccc(CCNC(=O)c2ccccc2OC(F)F)cc1. The molecule has 0 aliphatic heterocycles. The van der Waals surface area contributed by atoms with E-state index in [0.717, 1.165) is 11.3 Å². The number of rotatable bonds is 8. The Kier molecular flexibility index (Phi) is 6.74. The van der Waals surface area contributed by atoms with E-state index >= 15 is 0 Å². The summed E-state index contributed by atoms with van der Waals surface area (Å²) in [6.45, 7) is 1.32. The third kappa shape index (κ3) is 6.06. The van der Waals surface area contributed by atoms with Crippen molar-refractivity contribution >= 4 is 5.91 Å². The molecule has 6 heteroatoms. The fraction of sp³-hybridized carbons (Fsp3) is 0.316. The fourth-order valence-electron chi connectivity index (χ4n) is 2.28. The number of halogens is 2. The molecule has 0 bridgehead atoms. The molecule has 0 radical (unpaired) electrons. The van der Waals surface area contributed by atoms with E-state index in [1.165, 1.54) is 18.2 Å². The third-order valence-electron chi connectivity index (χ3n) is 3.34. The van der Waals surface area contributed by atoms with E-state index < -0.39 is 12.5 Å². The molecule has 0 fully saturated rings. The summed E-state index contributed by atoms with van der Waals surface area (Å²) in [4.78, 5) is 12.2. The summed E-state index contributed by atoms with van der Waals surface area (Å²) < 4.78 is 34.7. The van der Waals surface area contributed by atoms with Crippen molar-refractivity contribution in [2.75, 3.05) is 6.54 Å². The van der Waals surface area contributed by atoms with Gasteiger partial charge in [-0.3, -0.25) is 4.79 Å². The van der Waals surface area contributed by atoms with Crippen molar-refractivity contribution in [3.05, 3.63) is 59.7 Å². The van der Waals surface area contributed by atoms with Gasteiger partial charge in [0.05, 0.1) is 11.7 Å². The smallest absolute Gasteiger partial charge is 0.387 e. The van der Waals surface area contributed by atoms with E-state index in [0.29, 0.717) is 13.0 Å². The molecule has 1 amide bonds. The lowest BCUT2D eigenvalue weighted by molar-refractivity contribution is -0.0501. The molecular formula is C19H21F2NO3. The minimum atomic E-state index is -2.97. The largest absolute Gasteiger partial charge is 0.491 e. The molecule has 2 rings (SSSR count). The number of nitrogens with one attached hydrogen (secondary N) is 1. The Morgan fingerprint density at radius 3 is 2.36 bits per heavy atom. The molecule has 1 N–H and O–H groups in total. The van der Waals surface area contributed by atoms with E-state index in [1.807, 2.05) is 38.1 Å². The van der Waals surface area contributed by atoms with Gasteiger partial charge in [-0.1, -0.05) is 24.3 Å². The molecule has 0 heterocycles. The van der Waals surface area contributed by atoms with Crippen molar-refractivity contribution < 1.29 is 23.0 Å². The van der Waals surface area contributed by atoms with Crippen LogP contribution in [-0.2, 0) is 6.42 Å². The zero-order valence-electron chi connectivity index (χ0n) is 14.2. The number of para-hydroxylation sites is 1. The Morgan fingerprint density at radius 2 is 1.72 bits per heavy atom. The number of amides is 1. The molecule has 0 atom stereocenters. The van der Waals surface area contributed by atoms with Gasteiger partial charge in [-0.2, -0.15) is 8.78 Å². The standard InChI is InChI=1S/C19H21F2NO3/c1-13(2)24-15-9-7-14(8-10-15)11-12-22-18(23)16-5-3-4-6-17(16)25-19(20)21/h3-10,13,19H,11-12H2,1-2H3,(H,22,23). The van der Waals surface area contributed by atoms with Gasteiger partial charge in [-0.05, 0) is 50.1 Å². The topological polar surface area (TPSA) is 47.6 Å². The van der Waals surface area contributed by atoms with Crippen LogP contribution in [0, 0.1) is 0 Å². The van der Waals surface area contributed by atoms with Gasteiger partial charge in [0, 0.05) is 6.54 Å². The number of alkyl halides is 2. The van der Waals surface area contributed by atoms with Gasteiger partial charge in [-0.15, -0.1) is 0 Å². The van der Waals surface area contributed by atoms with Gasteiger partial charge in [-0.25, -0.2) is 0 Å². The summed E-state index contributed by atoms with van der Waals surface area (Å²) in [6, 6.07) is 13.5. The molecule has 0 unspecified atom stereocenters. The normalized spacial score (nSPS) is 10.8. The molecule has 0 saturated carbocycles. The second kappa shape index (κ2) is 9.01. The Bertz CT molecular complexity index is 687.